The van der Waals surface area contributed by atoms with Gasteiger partial charge in [-0.3, -0.25) is 14.5 Å². The van der Waals surface area contributed by atoms with Crippen LogP contribution in [-0.4, -0.2) is 44.0 Å². The Morgan fingerprint density at radius 3 is 2.22 bits per heavy atom. The molecule has 144 valence electrons. The Balaban J connectivity index is 1.77. The second kappa shape index (κ2) is 10.1. The number of rotatable bonds is 8. The molecule has 0 unspecified atom stereocenters. The Morgan fingerprint density at radius 1 is 1.04 bits per heavy atom. The van der Waals surface area contributed by atoms with E-state index >= 15 is 0 Å². The van der Waals surface area contributed by atoms with Gasteiger partial charge in [-0.05, 0) is 55.9 Å². The molecule has 0 spiro atoms. The predicted octanol–water partition coefficient (Wildman–Crippen LogP) is 3.21. The summed E-state index contributed by atoms with van der Waals surface area (Å²) in [6, 6.07) is 14.8. The van der Waals surface area contributed by atoms with Crippen molar-refractivity contribution in [3.05, 3.63) is 58.6 Å². The van der Waals surface area contributed by atoms with Crippen LogP contribution in [0.3, 0.4) is 0 Å². The average Bonchev–Trinajstić information content (AvgIpc) is 2.62. The van der Waals surface area contributed by atoms with Gasteiger partial charge in [0.1, 0.15) is 5.75 Å². The third-order valence-electron chi connectivity index (χ3n) is 3.95. The highest BCUT2D eigenvalue weighted by molar-refractivity contribution is 9.10. The molecule has 0 aliphatic rings. The van der Waals surface area contributed by atoms with E-state index in [1.165, 1.54) is 0 Å². The summed E-state index contributed by atoms with van der Waals surface area (Å²) in [6.07, 6.45) is 0. The van der Waals surface area contributed by atoms with Crippen molar-refractivity contribution in [2.45, 2.75) is 13.0 Å². The molecule has 0 heterocycles. The van der Waals surface area contributed by atoms with E-state index in [1.807, 2.05) is 31.2 Å². The molecule has 0 aliphatic heterocycles. The Hall–Kier alpha value is -2.38. The lowest BCUT2D eigenvalue weighted by atomic mass is 10.1. The minimum Gasteiger partial charge on any atom is -0.497 e. The Kier molecular flexibility index (Phi) is 7.82. The number of ether oxygens (including phenoxy) is 1. The molecule has 0 fully saturated rings. The van der Waals surface area contributed by atoms with Crippen LogP contribution in [0.5, 0.6) is 5.75 Å². The maximum atomic E-state index is 12.2. The smallest absolute Gasteiger partial charge is 0.238 e. The van der Waals surface area contributed by atoms with Gasteiger partial charge < -0.3 is 15.4 Å². The molecule has 0 saturated carbocycles. The van der Waals surface area contributed by atoms with Gasteiger partial charge in [-0.15, -0.1) is 0 Å². The lowest BCUT2D eigenvalue weighted by molar-refractivity contribution is -0.123. The zero-order chi connectivity index (χ0) is 19.8. The first-order valence-electron chi connectivity index (χ1n) is 8.54. The van der Waals surface area contributed by atoms with Crippen molar-refractivity contribution < 1.29 is 14.3 Å². The molecule has 2 N–H and O–H groups in total. The van der Waals surface area contributed by atoms with Gasteiger partial charge >= 0.3 is 0 Å². The summed E-state index contributed by atoms with van der Waals surface area (Å²) in [5, 5.41) is 5.74. The minimum absolute atomic E-state index is 0.105. The number of halogens is 1. The molecule has 2 rings (SSSR count). The lowest BCUT2D eigenvalue weighted by Gasteiger charge is -2.19. The first kappa shape index (κ1) is 20.9. The van der Waals surface area contributed by atoms with Crippen LogP contribution in [0.4, 0.5) is 5.69 Å². The van der Waals surface area contributed by atoms with Gasteiger partial charge in [0, 0.05) is 10.2 Å². The van der Waals surface area contributed by atoms with Crippen molar-refractivity contribution in [2.24, 2.45) is 0 Å². The number of nitrogens with zero attached hydrogens (tertiary/aromatic N) is 1. The van der Waals surface area contributed by atoms with Gasteiger partial charge in [0.2, 0.25) is 11.8 Å². The maximum Gasteiger partial charge on any atom is 0.238 e. The molecular weight excluding hydrogens is 410 g/mol. The van der Waals surface area contributed by atoms with Crippen molar-refractivity contribution in [3.63, 3.8) is 0 Å². The molecule has 1 atom stereocenters. The highest BCUT2D eigenvalue weighted by Gasteiger charge is 2.14. The third kappa shape index (κ3) is 7.03. The monoisotopic (exact) mass is 433 g/mol. The Labute approximate surface area is 168 Å². The molecule has 0 bridgehead atoms. The van der Waals surface area contributed by atoms with Gasteiger partial charge in [0.15, 0.2) is 0 Å². The van der Waals surface area contributed by atoms with Crippen LogP contribution in [0.1, 0.15) is 18.5 Å². The van der Waals surface area contributed by atoms with Crippen molar-refractivity contribution in [1.29, 1.82) is 0 Å². The number of carbonyl (C=O) groups excluding carboxylic acids is 2. The van der Waals surface area contributed by atoms with E-state index in [2.05, 4.69) is 26.6 Å². The van der Waals surface area contributed by atoms with Gasteiger partial charge in [-0.25, -0.2) is 0 Å². The first-order valence-corrected chi connectivity index (χ1v) is 9.34. The minimum atomic E-state index is -0.184. The van der Waals surface area contributed by atoms with Gasteiger partial charge in [-0.1, -0.05) is 28.1 Å². The van der Waals surface area contributed by atoms with Crippen LogP contribution in [0.25, 0.3) is 0 Å². The average molecular weight is 434 g/mol. The topological polar surface area (TPSA) is 70.7 Å². The van der Waals surface area contributed by atoms with Crippen LogP contribution in [0, 0.1) is 0 Å². The zero-order valence-electron chi connectivity index (χ0n) is 15.7. The van der Waals surface area contributed by atoms with Crippen LogP contribution < -0.4 is 15.4 Å². The second-order valence-corrected chi connectivity index (χ2v) is 7.21. The van der Waals surface area contributed by atoms with Crippen molar-refractivity contribution in [1.82, 2.24) is 10.2 Å². The number of hydrogen-bond donors (Lipinski definition) is 2. The van der Waals surface area contributed by atoms with Crippen molar-refractivity contribution >= 4 is 33.4 Å². The molecular formula is C20H24BrN3O3. The molecule has 0 saturated heterocycles. The summed E-state index contributed by atoms with van der Waals surface area (Å²) in [7, 11) is 3.32. The number of carbonyl (C=O) groups is 2. The number of methoxy groups -OCH3 is 1. The normalized spacial score (nSPS) is 11.7. The molecule has 0 radical (unpaired) electrons. The zero-order valence-corrected chi connectivity index (χ0v) is 17.2. The number of hydrogen-bond acceptors (Lipinski definition) is 4. The summed E-state index contributed by atoms with van der Waals surface area (Å²) in [4.78, 5) is 26.0. The first-order chi connectivity index (χ1) is 12.9. The number of likely N-dealkylation sites (N-methyl/N-ethyl adjacent to an activating group) is 1. The predicted molar refractivity (Wildman–Crippen MR) is 110 cm³/mol. The van der Waals surface area contributed by atoms with Crippen LogP contribution in [0.2, 0.25) is 0 Å². The second-order valence-electron chi connectivity index (χ2n) is 6.29. The van der Waals surface area contributed by atoms with Crippen LogP contribution >= 0.6 is 15.9 Å². The lowest BCUT2D eigenvalue weighted by Crippen LogP contribution is -2.39. The molecule has 0 aromatic heterocycles. The van der Waals surface area contributed by atoms with E-state index in [4.69, 9.17) is 4.74 Å². The fraction of sp³-hybridized carbons (Fsp3) is 0.300. The Bertz CT molecular complexity index is 763. The molecule has 0 aliphatic carbocycles. The summed E-state index contributed by atoms with van der Waals surface area (Å²) in [5.74, 6) is 0.406. The summed E-state index contributed by atoms with van der Waals surface area (Å²) in [6.45, 7) is 2.18. The fourth-order valence-corrected chi connectivity index (χ4v) is 2.81. The van der Waals surface area contributed by atoms with E-state index in [0.29, 0.717) is 5.69 Å². The number of amides is 2. The summed E-state index contributed by atoms with van der Waals surface area (Å²) >= 11 is 3.39. The molecule has 2 aromatic rings. The van der Waals surface area contributed by atoms with Crippen LogP contribution in [-0.2, 0) is 9.59 Å². The van der Waals surface area contributed by atoms with E-state index in [0.717, 1.165) is 15.8 Å². The van der Waals surface area contributed by atoms with Gasteiger partial charge in [-0.2, -0.15) is 0 Å². The summed E-state index contributed by atoms with van der Waals surface area (Å²) < 4.78 is 6.08. The number of anilines is 1. The fourth-order valence-electron chi connectivity index (χ4n) is 2.54. The van der Waals surface area contributed by atoms with E-state index < -0.39 is 0 Å². The largest absolute Gasteiger partial charge is 0.497 e. The number of benzene rings is 2. The molecule has 2 aromatic carbocycles. The maximum absolute atomic E-state index is 12.2. The standard InChI is InChI=1S/C20H24BrN3O3/c1-14(15-4-6-16(21)7-5-15)22-19(25)12-24(2)13-20(26)23-17-8-10-18(27-3)11-9-17/h4-11,14H,12-13H2,1-3H3,(H,22,25)(H,23,26)/t14-/m0/s1. The van der Waals surface area contributed by atoms with E-state index in [1.54, 1.807) is 43.3 Å². The third-order valence-corrected chi connectivity index (χ3v) is 4.48. The molecule has 6 nitrogen and oxygen atoms in total. The van der Waals surface area contributed by atoms with E-state index in [-0.39, 0.29) is 30.9 Å². The van der Waals surface area contributed by atoms with Gasteiger partial charge in [0.05, 0.1) is 26.2 Å². The summed E-state index contributed by atoms with van der Waals surface area (Å²) in [5.41, 5.74) is 1.70. The SMILES string of the molecule is COc1ccc(NC(=O)CN(C)CC(=O)N[C@@H](C)c2ccc(Br)cc2)cc1. The molecule has 7 heteroatoms. The highest BCUT2D eigenvalue weighted by atomic mass is 79.9. The number of nitrogens with one attached hydrogen (secondary N) is 2. The molecule has 2 amide bonds. The van der Waals surface area contributed by atoms with E-state index in [9.17, 15) is 9.59 Å². The molecule has 27 heavy (non-hydrogen) atoms. The van der Waals surface area contributed by atoms with Crippen molar-refractivity contribution in [3.8, 4) is 5.75 Å². The quantitative estimate of drug-likeness (QED) is 0.670. The highest BCUT2D eigenvalue weighted by Crippen LogP contribution is 2.16. The van der Waals surface area contributed by atoms with Crippen molar-refractivity contribution in [2.75, 3.05) is 32.6 Å². The van der Waals surface area contributed by atoms with Gasteiger partial charge in [0.25, 0.3) is 0 Å². The Morgan fingerprint density at radius 2 is 1.63 bits per heavy atom. The van der Waals surface area contributed by atoms with Crippen LogP contribution in [0.15, 0.2) is 53.0 Å².